The van der Waals surface area contributed by atoms with Crippen molar-refractivity contribution in [3.63, 3.8) is 0 Å². The Labute approximate surface area is 113 Å². The molecule has 0 atom stereocenters. The molecule has 4 nitrogen and oxygen atoms in total. The molecule has 0 saturated heterocycles. The van der Waals surface area contributed by atoms with E-state index in [1.165, 1.54) is 6.07 Å². The molecule has 1 aromatic carbocycles. The van der Waals surface area contributed by atoms with Crippen molar-refractivity contribution in [2.75, 3.05) is 26.8 Å². The van der Waals surface area contributed by atoms with Crippen LogP contribution in [0.4, 0.5) is 4.39 Å². The van der Waals surface area contributed by atoms with E-state index in [0.717, 1.165) is 0 Å². The second-order valence-electron chi connectivity index (χ2n) is 3.83. The van der Waals surface area contributed by atoms with Crippen LogP contribution in [0, 0.1) is 5.82 Å². The summed E-state index contributed by atoms with van der Waals surface area (Å²) in [5.41, 5.74) is 0.468. The van der Waals surface area contributed by atoms with Crippen molar-refractivity contribution >= 4 is 21.9 Å². The molecule has 0 aliphatic rings. The van der Waals surface area contributed by atoms with Gasteiger partial charge < -0.3 is 9.84 Å². The average Bonchev–Trinajstić information content (AvgIpc) is 2.29. The quantitative estimate of drug-likeness (QED) is 0.836. The van der Waals surface area contributed by atoms with Crippen LogP contribution in [0.2, 0.25) is 0 Å². The number of methoxy groups -OCH3 is 1. The highest BCUT2D eigenvalue weighted by Crippen LogP contribution is 2.16. The van der Waals surface area contributed by atoms with Crippen molar-refractivity contribution in [3.05, 3.63) is 34.1 Å². The standard InChI is InChI=1S/C12H15BrFNO3/c1-18-5-4-15(8-12(16)17)7-9-2-3-10(13)6-11(9)14/h2-3,6H,4-5,7-8H2,1H3,(H,16,17). The summed E-state index contributed by atoms with van der Waals surface area (Å²) in [6, 6.07) is 4.74. The molecule has 0 heterocycles. The SMILES string of the molecule is COCCN(CC(=O)O)Cc1ccc(Br)cc1F. The summed E-state index contributed by atoms with van der Waals surface area (Å²) in [6.07, 6.45) is 0. The lowest BCUT2D eigenvalue weighted by molar-refractivity contribution is -0.138. The Hall–Kier alpha value is -0.980. The predicted molar refractivity (Wildman–Crippen MR) is 68.9 cm³/mol. The zero-order chi connectivity index (χ0) is 13.5. The second kappa shape index (κ2) is 7.45. The molecule has 1 rings (SSSR count). The molecule has 0 aliphatic heterocycles. The summed E-state index contributed by atoms with van der Waals surface area (Å²) in [5.74, 6) is -1.29. The van der Waals surface area contributed by atoms with Gasteiger partial charge >= 0.3 is 5.97 Å². The molecule has 1 N–H and O–H groups in total. The minimum absolute atomic E-state index is 0.140. The first kappa shape index (κ1) is 15.1. The van der Waals surface area contributed by atoms with Crippen molar-refractivity contribution in [1.29, 1.82) is 0 Å². The van der Waals surface area contributed by atoms with E-state index in [0.29, 0.717) is 23.2 Å². The van der Waals surface area contributed by atoms with Crippen LogP contribution in [0.15, 0.2) is 22.7 Å². The molecule has 0 aromatic heterocycles. The van der Waals surface area contributed by atoms with Crippen LogP contribution in [0.3, 0.4) is 0 Å². The van der Waals surface area contributed by atoms with Crippen LogP contribution in [0.5, 0.6) is 0 Å². The summed E-state index contributed by atoms with van der Waals surface area (Å²) in [4.78, 5) is 12.3. The summed E-state index contributed by atoms with van der Waals surface area (Å²) in [5, 5.41) is 8.79. The van der Waals surface area contributed by atoms with Crippen molar-refractivity contribution < 1.29 is 19.0 Å². The maximum Gasteiger partial charge on any atom is 0.317 e. The van der Waals surface area contributed by atoms with Crippen LogP contribution in [0.1, 0.15) is 5.56 Å². The molecule has 100 valence electrons. The molecular formula is C12H15BrFNO3. The van der Waals surface area contributed by atoms with Crippen LogP contribution >= 0.6 is 15.9 Å². The Morgan fingerprint density at radius 1 is 1.56 bits per heavy atom. The van der Waals surface area contributed by atoms with Gasteiger partial charge in [0.2, 0.25) is 0 Å². The number of carboxylic acid groups (broad SMARTS) is 1. The lowest BCUT2D eigenvalue weighted by atomic mass is 10.2. The number of nitrogens with zero attached hydrogens (tertiary/aromatic N) is 1. The zero-order valence-electron chi connectivity index (χ0n) is 10.0. The molecule has 0 radical (unpaired) electrons. The van der Waals surface area contributed by atoms with Crippen molar-refractivity contribution in [3.8, 4) is 0 Å². The van der Waals surface area contributed by atoms with Gasteiger partial charge in [0.1, 0.15) is 5.82 Å². The fourth-order valence-corrected chi connectivity index (χ4v) is 1.85. The van der Waals surface area contributed by atoms with Gasteiger partial charge in [0.05, 0.1) is 13.2 Å². The van der Waals surface area contributed by atoms with E-state index in [1.807, 2.05) is 0 Å². The maximum atomic E-state index is 13.6. The average molecular weight is 320 g/mol. The van der Waals surface area contributed by atoms with Gasteiger partial charge in [-0.25, -0.2) is 4.39 Å². The normalized spacial score (nSPS) is 10.9. The van der Waals surface area contributed by atoms with E-state index >= 15 is 0 Å². The van der Waals surface area contributed by atoms with E-state index in [-0.39, 0.29) is 18.9 Å². The molecule has 0 unspecified atom stereocenters. The summed E-state index contributed by atoms with van der Waals surface area (Å²) >= 11 is 3.18. The minimum Gasteiger partial charge on any atom is -0.480 e. The van der Waals surface area contributed by atoms with Crippen LogP contribution in [-0.4, -0.2) is 42.8 Å². The topological polar surface area (TPSA) is 49.8 Å². The maximum absolute atomic E-state index is 13.6. The molecule has 0 amide bonds. The van der Waals surface area contributed by atoms with Gasteiger partial charge in [0, 0.05) is 30.2 Å². The van der Waals surface area contributed by atoms with Gasteiger partial charge in [-0.3, -0.25) is 9.69 Å². The minimum atomic E-state index is -0.941. The number of rotatable bonds is 7. The molecule has 0 bridgehead atoms. The molecule has 0 saturated carbocycles. The lowest BCUT2D eigenvalue weighted by Crippen LogP contribution is -2.32. The number of hydrogen-bond acceptors (Lipinski definition) is 3. The lowest BCUT2D eigenvalue weighted by Gasteiger charge is -2.20. The van der Waals surface area contributed by atoms with Gasteiger partial charge in [-0.05, 0) is 12.1 Å². The number of ether oxygens (including phenoxy) is 1. The first-order valence-corrected chi connectivity index (χ1v) is 6.19. The molecule has 6 heteroatoms. The van der Waals surface area contributed by atoms with Crippen molar-refractivity contribution in [1.82, 2.24) is 4.90 Å². The van der Waals surface area contributed by atoms with Gasteiger partial charge in [-0.15, -0.1) is 0 Å². The highest BCUT2D eigenvalue weighted by atomic mass is 79.9. The smallest absolute Gasteiger partial charge is 0.317 e. The van der Waals surface area contributed by atoms with Crippen molar-refractivity contribution in [2.24, 2.45) is 0 Å². The first-order valence-electron chi connectivity index (χ1n) is 5.40. The number of carbonyl (C=O) groups is 1. The Kier molecular flexibility index (Phi) is 6.24. The Balaban J connectivity index is 2.71. The summed E-state index contributed by atoms with van der Waals surface area (Å²) in [6.45, 7) is 0.956. The van der Waals surface area contributed by atoms with Gasteiger partial charge in [-0.1, -0.05) is 22.0 Å². The predicted octanol–water partition coefficient (Wildman–Crippen LogP) is 2.12. The molecule has 18 heavy (non-hydrogen) atoms. The van der Waals surface area contributed by atoms with E-state index in [4.69, 9.17) is 9.84 Å². The van der Waals surface area contributed by atoms with Crippen LogP contribution < -0.4 is 0 Å². The first-order chi connectivity index (χ1) is 8.52. The van der Waals surface area contributed by atoms with E-state index < -0.39 is 5.97 Å². The van der Waals surface area contributed by atoms with E-state index in [9.17, 15) is 9.18 Å². The zero-order valence-corrected chi connectivity index (χ0v) is 11.6. The fourth-order valence-electron chi connectivity index (χ4n) is 1.52. The third kappa shape index (κ3) is 5.12. The van der Waals surface area contributed by atoms with Crippen molar-refractivity contribution in [2.45, 2.75) is 6.54 Å². The number of carboxylic acids is 1. The van der Waals surface area contributed by atoms with E-state index in [1.54, 1.807) is 24.1 Å². The number of aliphatic carboxylic acids is 1. The number of benzene rings is 1. The number of halogens is 2. The summed E-state index contributed by atoms with van der Waals surface area (Å²) < 4.78 is 19.2. The molecular weight excluding hydrogens is 305 g/mol. The summed E-state index contributed by atoms with van der Waals surface area (Å²) in [7, 11) is 1.54. The third-order valence-corrected chi connectivity index (χ3v) is 2.87. The molecule has 1 aromatic rings. The fraction of sp³-hybridized carbons (Fsp3) is 0.417. The number of hydrogen-bond donors (Lipinski definition) is 1. The molecule has 0 fully saturated rings. The Bertz CT molecular complexity index is 414. The Morgan fingerprint density at radius 3 is 2.83 bits per heavy atom. The largest absolute Gasteiger partial charge is 0.480 e. The third-order valence-electron chi connectivity index (χ3n) is 2.38. The highest BCUT2D eigenvalue weighted by molar-refractivity contribution is 9.10. The van der Waals surface area contributed by atoms with E-state index in [2.05, 4.69) is 15.9 Å². The van der Waals surface area contributed by atoms with Gasteiger partial charge in [-0.2, -0.15) is 0 Å². The highest BCUT2D eigenvalue weighted by Gasteiger charge is 2.12. The van der Waals surface area contributed by atoms with Crippen LogP contribution in [0.25, 0.3) is 0 Å². The second-order valence-corrected chi connectivity index (χ2v) is 4.75. The molecule has 0 aliphatic carbocycles. The monoisotopic (exact) mass is 319 g/mol. The van der Waals surface area contributed by atoms with Gasteiger partial charge in [0.25, 0.3) is 0 Å². The Morgan fingerprint density at radius 2 is 2.28 bits per heavy atom. The van der Waals surface area contributed by atoms with Crippen LogP contribution in [-0.2, 0) is 16.1 Å². The van der Waals surface area contributed by atoms with Gasteiger partial charge in [0.15, 0.2) is 0 Å². The molecule has 0 spiro atoms.